The van der Waals surface area contributed by atoms with E-state index in [9.17, 15) is 19.7 Å². The lowest BCUT2D eigenvalue weighted by atomic mass is 9.59. The van der Waals surface area contributed by atoms with Crippen molar-refractivity contribution in [2.45, 2.75) is 52.0 Å². The molecule has 0 bridgehead atoms. The number of aromatic hydroxyl groups is 1. The molecule has 4 atom stereocenters. The molecule has 0 saturated carbocycles. The molecule has 2 fully saturated rings. The van der Waals surface area contributed by atoms with Gasteiger partial charge in [0.15, 0.2) is 0 Å². The lowest BCUT2D eigenvalue weighted by molar-refractivity contribution is -0.122. The normalized spacial score (nSPS) is 26.4. The van der Waals surface area contributed by atoms with Crippen LogP contribution in [0.4, 0.5) is 5.69 Å². The molecule has 2 aromatic carbocycles. The predicted molar refractivity (Wildman–Crippen MR) is 140 cm³/mol. The molecule has 6 nitrogen and oxygen atoms in total. The fourth-order valence-electron chi connectivity index (χ4n) is 6.25. The highest BCUT2D eigenvalue weighted by Gasteiger charge is 2.57. The van der Waals surface area contributed by atoms with Crippen LogP contribution in [0.2, 0.25) is 6.32 Å². The number of carbonyl (C=O) groups excluding carboxylic acids is 2. The molecular weight excluding hydrogens is 453 g/mol. The highest BCUT2D eigenvalue weighted by Crippen LogP contribution is 2.51. The lowest BCUT2D eigenvalue weighted by Gasteiger charge is -2.42. The second-order valence-corrected chi connectivity index (χ2v) is 10.1. The van der Waals surface area contributed by atoms with E-state index >= 15 is 0 Å². The first-order valence-corrected chi connectivity index (χ1v) is 12.8. The first-order chi connectivity index (χ1) is 17.4. The Morgan fingerprint density at radius 2 is 1.81 bits per heavy atom. The Balaban J connectivity index is 1.40. The highest BCUT2D eigenvalue weighted by molar-refractivity contribution is 6.43. The van der Waals surface area contributed by atoms with Crippen LogP contribution in [-0.4, -0.2) is 35.2 Å². The highest BCUT2D eigenvalue weighted by atomic mass is 16.5. The van der Waals surface area contributed by atoms with Gasteiger partial charge < -0.3 is 14.8 Å². The van der Waals surface area contributed by atoms with Gasteiger partial charge in [0.05, 0.1) is 23.6 Å². The van der Waals surface area contributed by atoms with Crippen LogP contribution in [-0.2, 0) is 14.2 Å². The number of amides is 2. The van der Waals surface area contributed by atoms with Crippen molar-refractivity contribution in [1.29, 1.82) is 0 Å². The van der Waals surface area contributed by atoms with Crippen molar-refractivity contribution in [3.05, 3.63) is 76.9 Å². The summed E-state index contributed by atoms with van der Waals surface area (Å²) in [6.45, 7) is 4.12. The maximum atomic E-state index is 13.6. The average molecular weight is 485 g/mol. The molecule has 1 aliphatic carbocycles. The molecule has 0 spiro atoms. The summed E-state index contributed by atoms with van der Waals surface area (Å²) in [7, 11) is -0.976. The number of anilines is 1. The van der Waals surface area contributed by atoms with Crippen molar-refractivity contribution in [3.63, 3.8) is 0 Å². The van der Waals surface area contributed by atoms with Crippen LogP contribution in [0.15, 0.2) is 71.3 Å². The van der Waals surface area contributed by atoms with Gasteiger partial charge in [-0.05, 0) is 68.6 Å². The molecule has 36 heavy (non-hydrogen) atoms. The average Bonchev–Trinajstić information content (AvgIpc) is 3.12. The van der Waals surface area contributed by atoms with Crippen LogP contribution < -0.4 is 4.90 Å². The third kappa shape index (κ3) is 4.42. The summed E-state index contributed by atoms with van der Waals surface area (Å²) in [6, 6.07) is 16.4. The number of imide groups is 1. The zero-order valence-corrected chi connectivity index (χ0v) is 20.8. The van der Waals surface area contributed by atoms with Gasteiger partial charge in [0, 0.05) is 5.56 Å². The van der Waals surface area contributed by atoms with Crippen LogP contribution in [0.5, 0.6) is 5.75 Å². The molecule has 2 N–H and O–H groups in total. The molecule has 2 saturated heterocycles. The van der Waals surface area contributed by atoms with E-state index in [0.717, 1.165) is 29.6 Å². The van der Waals surface area contributed by atoms with Crippen LogP contribution in [0, 0.1) is 17.8 Å². The third-order valence-corrected chi connectivity index (χ3v) is 7.94. The fourth-order valence-corrected chi connectivity index (χ4v) is 6.25. The van der Waals surface area contributed by atoms with Gasteiger partial charge in [-0.15, -0.1) is 0 Å². The van der Waals surface area contributed by atoms with Gasteiger partial charge in [-0.25, -0.2) is 0 Å². The predicted octanol–water partition coefficient (Wildman–Crippen LogP) is 4.99. The third-order valence-electron chi connectivity index (χ3n) is 7.94. The van der Waals surface area contributed by atoms with E-state index in [2.05, 4.69) is 6.92 Å². The zero-order valence-electron chi connectivity index (χ0n) is 20.8. The fraction of sp³-hybridized carbons (Fsp3) is 0.379. The van der Waals surface area contributed by atoms with Crippen LogP contribution in [0.25, 0.3) is 6.08 Å². The van der Waals surface area contributed by atoms with Gasteiger partial charge in [0.2, 0.25) is 11.8 Å². The second-order valence-electron chi connectivity index (χ2n) is 10.1. The van der Waals surface area contributed by atoms with Crippen LogP contribution in [0.1, 0.15) is 45.1 Å². The summed E-state index contributed by atoms with van der Waals surface area (Å²) < 4.78 is 6.03. The topological polar surface area (TPSA) is 87.1 Å². The van der Waals surface area contributed by atoms with Gasteiger partial charge in [0.25, 0.3) is 0 Å². The first kappa shape index (κ1) is 24.5. The number of nitrogens with zero attached hydrogens (tertiary/aromatic N) is 1. The summed E-state index contributed by atoms with van der Waals surface area (Å²) in [4.78, 5) is 28.3. The number of hydrogen-bond acceptors (Lipinski definition) is 5. The number of para-hydroxylation sites is 2. The maximum absolute atomic E-state index is 13.6. The molecule has 0 radical (unpaired) electrons. The Morgan fingerprint density at radius 3 is 2.53 bits per heavy atom. The Labute approximate surface area is 212 Å². The standard InChI is InChI=1S/C29H32BNO5/c1-3-19(16-20-9-7-8-12-24(20)32)13-14-25-26-18(2)15-22-27(23(26)17-30(35)36-25)29(34)31(28(22)33)21-10-5-4-6-11-21/h4-12,16,22-23,25,27,32,35H,3,13-15,17H2,1-2H3/b19-16+/t22-,23+,25-,27-/m1/s1. The molecule has 0 unspecified atom stereocenters. The van der Waals surface area contributed by atoms with E-state index < -0.39 is 19.0 Å². The molecule has 2 aliphatic heterocycles. The van der Waals surface area contributed by atoms with Crippen molar-refractivity contribution in [2.75, 3.05) is 4.90 Å². The van der Waals surface area contributed by atoms with Gasteiger partial charge in [-0.2, -0.15) is 0 Å². The number of benzene rings is 2. The van der Waals surface area contributed by atoms with Gasteiger partial charge >= 0.3 is 7.12 Å². The van der Waals surface area contributed by atoms with Crippen molar-refractivity contribution in [1.82, 2.24) is 0 Å². The van der Waals surface area contributed by atoms with E-state index in [1.807, 2.05) is 43.3 Å². The molecule has 2 amide bonds. The number of carbonyl (C=O) groups is 2. The van der Waals surface area contributed by atoms with Gasteiger partial charge in [0.1, 0.15) is 5.75 Å². The van der Waals surface area contributed by atoms with E-state index in [-0.39, 0.29) is 29.6 Å². The van der Waals surface area contributed by atoms with E-state index in [0.29, 0.717) is 24.8 Å². The Morgan fingerprint density at radius 1 is 1.08 bits per heavy atom. The summed E-state index contributed by atoms with van der Waals surface area (Å²) >= 11 is 0. The van der Waals surface area contributed by atoms with E-state index in [1.54, 1.807) is 24.3 Å². The van der Waals surface area contributed by atoms with E-state index in [4.69, 9.17) is 4.65 Å². The summed E-state index contributed by atoms with van der Waals surface area (Å²) in [6.07, 6.45) is 4.79. The number of allylic oxidation sites excluding steroid dienone is 2. The van der Waals surface area contributed by atoms with Gasteiger partial charge in [-0.1, -0.05) is 60.5 Å². The first-order valence-electron chi connectivity index (χ1n) is 12.8. The molecule has 0 aromatic heterocycles. The number of phenols is 1. The SMILES string of the molecule is CC/C(=C\c1ccccc1O)CC[C@H]1OB(O)C[C@H]2C1=C(C)C[C@H]1C(=O)N(c3ccccc3)C(=O)[C@H]12. The lowest BCUT2D eigenvalue weighted by Crippen LogP contribution is -2.46. The van der Waals surface area contributed by atoms with Crippen molar-refractivity contribution >= 4 is 30.7 Å². The Kier molecular flexibility index (Phi) is 6.86. The summed E-state index contributed by atoms with van der Waals surface area (Å²) in [5.41, 5.74) is 4.73. The molecular formula is C29H32BNO5. The molecule has 2 aromatic rings. The van der Waals surface area contributed by atoms with Crippen molar-refractivity contribution < 1.29 is 24.4 Å². The van der Waals surface area contributed by atoms with E-state index in [1.165, 1.54) is 10.5 Å². The monoisotopic (exact) mass is 485 g/mol. The Bertz CT molecular complexity index is 1220. The summed E-state index contributed by atoms with van der Waals surface area (Å²) in [5, 5.41) is 20.8. The zero-order chi connectivity index (χ0) is 25.4. The smallest absolute Gasteiger partial charge is 0.455 e. The largest absolute Gasteiger partial charge is 0.507 e. The minimum Gasteiger partial charge on any atom is -0.507 e. The molecule has 7 heteroatoms. The molecule has 2 heterocycles. The molecule has 186 valence electrons. The number of rotatable bonds is 6. The quantitative estimate of drug-likeness (QED) is 0.342. The molecule has 3 aliphatic rings. The molecule has 5 rings (SSSR count). The van der Waals surface area contributed by atoms with Crippen LogP contribution in [0.3, 0.4) is 0 Å². The second kappa shape index (κ2) is 10.1. The summed E-state index contributed by atoms with van der Waals surface area (Å²) in [5.74, 6) is -1.16. The number of fused-ring (bicyclic) bond motifs is 3. The minimum atomic E-state index is -0.976. The maximum Gasteiger partial charge on any atom is 0.455 e. The van der Waals surface area contributed by atoms with Crippen LogP contribution >= 0.6 is 0 Å². The van der Waals surface area contributed by atoms with Gasteiger partial charge in [-0.3, -0.25) is 14.5 Å². The minimum absolute atomic E-state index is 0.147. The number of phenolic OH excluding ortho intramolecular Hbond substituents is 1. The van der Waals surface area contributed by atoms with Crippen molar-refractivity contribution in [3.8, 4) is 5.75 Å². The number of hydrogen-bond donors (Lipinski definition) is 2. The Hall–Kier alpha value is -3.16. The van der Waals surface area contributed by atoms with Crippen molar-refractivity contribution in [2.24, 2.45) is 17.8 Å².